The molecule has 1 amide bonds. The van der Waals surface area contributed by atoms with Gasteiger partial charge in [0.05, 0.1) is 12.7 Å². The Morgan fingerprint density at radius 1 is 1.16 bits per heavy atom. The summed E-state index contributed by atoms with van der Waals surface area (Å²) in [6.07, 6.45) is 3.43. The molecule has 1 aliphatic rings. The van der Waals surface area contributed by atoms with E-state index in [2.05, 4.69) is 41.7 Å². The fourth-order valence-corrected chi connectivity index (χ4v) is 6.47. The van der Waals surface area contributed by atoms with Crippen molar-refractivity contribution < 1.29 is 23.9 Å². The third kappa shape index (κ3) is 6.04. The summed E-state index contributed by atoms with van der Waals surface area (Å²) in [4.78, 5) is 47.6. The van der Waals surface area contributed by atoms with Gasteiger partial charge in [0.15, 0.2) is 5.54 Å². The molecule has 2 heterocycles. The van der Waals surface area contributed by atoms with Crippen molar-refractivity contribution in [3.63, 3.8) is 0 Å². The Morgan fingerprint density at radius 2 is 1.82 bits per heavy atom. The first-order valence-electron chi connectivity index (χ1n) is 12.6. The zero-order valence-electron chi connectivity index (χ0n) is 23.5. The Labute approximate surface area is 237 Å². The van der Waals surface area contributed by atoms with Crippen LogP contribution in [0.15, 0.2) is 45.9 Å². The smallest absolute Gasteiger partial charge is 0.336 e. The molecular formula is C29H37BrN2O5S. The molecule has 2 atom stereocenters. The van der Waals surface area contributed by atoms with Crippen LogP contribution in [0, 0.1) is 5.92 Å². The van der Waals surface area contributed by atoms with Gasteiger partial charge in [0.1, 0.15) is 16.7 Å². The largest absolute Gasteiger partial charge is 0.466 e. The molecule has 3 rings (SSSR count). The average molecular weight is 606 g/mol. The van der Waals surface area contributed by atoms with Gasteiger partial charge in [-0.2, -0.15) is 0 Å². The predicted molar refractivity (Wildman–Crippen MR) is 152 cm³/mol. The zero-order chi connectivity index (χ0) is 28.6. The lowest BCUT2D eigenvalue weighted by Crippen LogP contribution is -2.56. The summed E-state index contributed by atoms with van der Waals surface area (Å²) in [6, 6.07) is 4.53. The number of nitrogens with zero attached hydrogens (tertiary/aromatic N) is 2. The van der Waals surface area contributed by atoms with Crippen LogP contribution in [-0.4, -0.2) is 46.0 Å². The maximum Gasteiger partial charge on any atom is 0.336 e. The second kappa shape index (κ2) is 10.9. The minimum atomic E-state index is -1.55. The molecule has 0 radical (unpaired) electrons. The second-order valence-electron chi connectivity index (χ2n) is 12.0. The molecule has 1 unspecified atom stereocenters. The summed E-state index contributed by atoms with van der Waals surface area (Å²) in [6.45, 7) is 15.5. The first-order valence-corrected chi connectivity index (χ1v) is 14.3. The van der Waals surface area contributed by atoms with Crippen molar-refractivity contribution in [2.24, 2.45) is 5.92 Å². The molecule has 0 N–H and O–H groups in total. The van der Waals surface area contributed by atoms with E-state index in [4.69, 9.17) is 9.47 Å². The highest BCUT2D eigenvalue weighted by molar-refractivity contribution is 9.10. The van der Waals surface area contributed by atoms with Crippen LogP contribution in [0.3, 0.4) is 0 Å². The second-order valence-corrected chi connectivity index (χ2v) is 13.8. The Balaban J connectivity index is 2.30. The highest BCUT2D eigenvalue weighted by Crippen LogP contribution is 2.48. The highest BCUT2D eigenvalue weighted by Gasteiger charge is 2.58. The molecule has 9 heteroatoms. The molecule has 1 aliphatic heterocycles. The Hall–Kier alpha value is -2.52. The maximum atomic E-state index is 14.5. The van der Waals surface area contributed by atoms with E-state index in [0.29, 0.717) is 10.6 Å². The number of hydrogen-bond acceptors (Lipinski definition) is 7. The van der Waals surface area contributed by atoms with Crippen LogP contribution >= 0.6 is 27.3 Å². The van der Waals surface area contributed by atoms with Gasteiger partial charge in [-0.25, -0.2) is 14.6 Å². The van der Waals surface area contributed by atoms with Crippen molar-refractivity contribution in [1.82, 2.24) is 9.88 Å². The molecule has 0 spiro atoms. The molecule has 38 heavy (non-hydrogen) atoms. The molecule has 2 aromatic rings. The van der Waals surface area contributed by atoms with Gasteiger partial charge in [-0.1, -0.05) is 56.6 Å². The van der Waals surface area contributed by atoms with Crippen LogP contribution < -0.4 is 0 Å². The number of thiazole rings is 1. The molecule has 0 saturated carbocycles. The van der Waals surface area contributed by atoms with Crippen molar-refractivity contribution >= 4 is 45.1 Å². The third-order valence-electron chi connectivity index (χ3n) is 6.20. The molecule has 1 aromatic heterocycles. The fraction of sp³-hybridized carbons (Fsp3) is 0.517. The van der Waals surface area contributed by atoms with Crippen molar-refractivity contribution in [2.45, 2.75) is 84.4 Å². The van der Waals surface area contributed by atoms with Crippen molar-refractivity contribution in [1.29, 1.82) is 0 Å². The van der Waals surface area contributed by atoms with E-state index in [1.165, 1.54) is 23.3 Å². The van der Waals surface area contributed by atoms with Crippen molar-refractivity contribution in [3.8, 4) is 0 Å². The quantitative estimate of drug-likeness (QED) is 0.344. The van der Waals surface area contributed by atoms with Crippen LogP contribution in [0.25, 0.3) is 0 Å². The molecule has 206 valence electrons. The van der Waals surface area contributed by atoms with Gasteiger partial charge >= 0.3 is 11.9 Å². The molecule has 0 saturated heterocycles. The SMILES string of the molecule is COC(=O)C1=C[C@@](CC(C)C)(C(=O)OC(C)(C)C)N(C(=O)c2ccc(C(C)(C)C)c(Br)c2)C1c1nccs1. The fourth-order valence-electron chi connectivity index (χ4n) is 4.76. The Kier molecular flexibility index (Phi) is 8.63. The predicted octanol–water partition coefficient (Wildman–Crippen LogP) is 6.63. The lowest BCUT2D eigenvalue weighted by atomic mass is 9.85. The van der Waals surface area contributed by atoms with Gasteiger partial charge in [-0.05, 0) is 62.3 Å². The minimum absolute atomic E-state index is 0.0157. The van der Waals surface area contributed by atoms with E-state index in [9.17, 15) is 14.4 Å². The van der Waals surface area contributed by atoms with Gasteiger partial charge in [0, 0.05) is 21.6 Å². The third-order valence-corrected chi connectivity index (χ3v) is 7.68. The standard InChI is InChI=1S/C29H37BrN2O5S/c1-17(2)15-29(26(35)37-28(6,7)8)16-19(25(34)36-9)22(23-31-12-13-38-23)32(29)24(33)18-10-11-20(21(30)14-18)27(3,4)5/h10-14,16-17,22H,15H2,1-9H3/t22?,29-/m0/s1. The lowest BCUT2D eigenvalue weighted by molar-refractivity contribution is -0.166. The first kappa shape index (κ1) is 30.0. The number of amides is 1. The molecular weight excluding hydrogens is 568 g/mol. The number of halogens is 1. The van der Waals surface area contributed by atoms with Crippen LogP contribution in [0.5, 0.6) is 0 Å². The van der Waals surface area contributed by atoms with E-state index < -0.39 is 35.0 Å². The number of methoxy groups -OCH3 is 1. The van der Waals surface area contributed by atoms with Gasteiger partial charge in [0.2, 0.25) is 0 Å². The molecule has 1 aromatic carbocycles. The van der Waals surface area contributed by atoms with E-state index in [-0.39, 0.29) is 23.3 Å². The van der Waals surface area contributed by atoms with Gasteiger partial charge in [-0.3, -0.25) is 4.79 Å². The molecule has 0 aliphatic carbocycles. The summed E-state index contributed by atoms with van der Waals surface area (Å²) < 4.78 is 11.8. The monoisotopic (exact) mass is 604 g/mol. The number of esters is 2. The zero-order valence-corrected chi connectivity index (χ0v) is 26.0. The van der Waals surface area contributed by atoms with Crippen LogP contribution in [0.2, 0.25) is 0 Å². The van der Waals surface area contributed by atoms with E-state index in [1.807, 2.05) is 19.9 Å². The molecule has 7 nitrogen and oxygen atoms in total. The van der Waals surface area contributed by atoms with E-state index in [1.54, 1.807) is 50.6 Å². The summed E-state index contributed by atoms with van der Waals surface area (Å²) in [5.74, 6) is -1.65. The normalized spacial score (nSPS) is 19.9. The number of hydrogen-bond donors (Lipinski definition) is 0. The maximum absolute atomic E-state index is 14.5. The minimum Gasteiger partial charge on any atom is -0.466 e. The lowest BCUT2D eigenvalue weighted by Gasteiger charge is -2.41. The van der Waals surface area contributed by atoms with Gasteiger partial charge in [0.25, 0.3) is 5.91 Å². The number of aromatic nitrogens is 1. The van der Waals surface area contributed by atoms with E-state index in [0.717, 1.165) is 10.0 Å². The summed E-state index contributed by atoms with van der Waals surface area (Å²) >= 11 is 4.94. The number of carbonyl (C=O) groups excluding carboxylic acids is 3. The average Bonchev–Trinajstić information content (AvgIpc) is 3.42. The highest BCUT2D eigenvalue weighted by atomic mass is 79.9. The van der Waals surface area contributed by atoms with Crippen molar-refractivity contribution in [2.75, 3.05) is 7.11 Å². The van der Waals surface area contributed by atoms with Gasteiger partial charge < -0.3 is 14.4 Å². The number of rotatable bonds is 6. The van der Waals surface area contributed by atoms with Crippen LogP contribution in [0.1, 0.15) is 88.8 Å². The molecule has 0 fully saturated rings. The summed E-state index contributed by atoms with van der Waals surface area (Å²) in [5, 5.41) is 2.28. The topological polar surface area (TPSA) is 85.8 Å². The number of benzene rings is 1. The van der Waals surface area contributed by atoms with Crippen molar-refractivity contribution in [3.05, 3.63) is 62.0 Å². The Morgan fingerprint density at radius 3 is 2.29 bits per heavy atom. The number of ether oxygens (including phenoxy) is 2. The van der Waals surface area contributed by atoms with Crippen LogP contribution in [-0.2, 0) is 24.5 Å². The summed E-state index contributed by atoms with van der Waals surface area (Å²) in [5.41, 5.74) is -0.898. The van der Waals surface area contributed by atoms with Crippen LogP contribution in [0.4, 0.5) is 0 Å². The first-order chi connectivity index (χ1) is 17.5. The number of carbonyl (C=O) groups is 3. The summed E-state index contributed by atoms with van der Waals surface area (Å²) in [7, 11) is 1.28. The van der Waals surface area contributed by atoms with E-state index >= 15 is 0 Å². The molecule has 0 bridgehead atoms. The Bertz CT molecular complexity index is 1240. The van der Waals surface area contributed by atoms with Gasteiger partial charge in [-0.15, -0.1) is 11.3 Å².